The number of rotatable bonds is 7. The normalized spacial score (nSPS) is 10.7. The zero-order chi connectivity index (χ0) is 20.1. The molecule has 2 N–H and O–H groups in total. The molecule has 8 heteroatoms. The van der Waals surface area contributed by atoms with Crippen LogP contribution in [0.3, 0.4) is 0 Å². The molecule has 28 heavy (non-hydrogen) atoms. The summed E-state index contributed by atoms with van der Waals surface area (Å²) in [6.45, 7) is 2.88. The van der Waals surface area contributed by atoms with E-state index in [1.165, 1.54) is 0 Å². The fourth-order valence-electron chi connectivity index (χ4n) is 2.89. The second kappa shape index (κ2) is 8.75. The third-order valence-corrected chi connectivity index (χ3v) is 4.59. The number of hydrogen-bond donors (Lipinski definition) is 2. The molecule has 3 aromatic rings. The van der Waals surface area contributed by atoms with Gasteiger partial charge in [-0.1, -0.05) is 12.1 Å². The van der Waals surface area contributed by atoms with E-state index in [-0.39, 0.29) is 24.8 Å². The average molecular weight is 401 g/mol. The van der Waals surface area contributed by atoms with Crippen LogP contribution in [0, 0.1) is 0 Å². The van der Waals surface area contributed by atoms with Gasteiger partial charge < -0.3 is 19.9 Å². The van der Waals surface area contributed by atoms with E-state index in [0.29, 0.717) is 34.3 Å². The summed E-state index contributed by atoms with van der Waals surface area (Å²) < 4.78 is 7.06. The minimum Gasteiger partial charge on any atom is -0.495 e. The summed E-state index contributed by atoms with van der Waals surface area (Å²) in [4.78, 5) is 28.7. The van der Waals surface area contributed by atoms with Gasteiger partial charge in [-0.25, -0.2) is 4.98 Å². The molecular formula is C20H21ClN4O3. The fourth-order valence-corrected chi connectivity index (χ4v) is 3.20. The van der Waals surface area contributed by atoms with E-state index in [1.54, 1.807) is 31.4 Å². The number of para-hydroxylation sites is 2. The second-order valence-corrected chi connectivity index (χ2v) is 6.42. The molecule has 1 aromatic heterocycles. The molecule has 7 nitrogen and oxygen atoms in total. The van der Waals surface area contributed by atoms with Crippen molar-refractivity contribution >= 4 is 40.1 Å². The van der Waals surface area contributed by atoms with E-state index in [4.69, 9.17) is 16.3 Å². The van der Waals surface area contributed by atoms with E-state index < -0.39 is 0 Å². The lowest BCUT2D eigenvalue weighted by atomic mass is 10.2. The molecule has 2 amide bonds. The Balaban J connectivity index is 1.57. The Morgan fingerprint density at radius 1 is 1.21 bits per heavy atom. The lowest BCUT2D eigenvalue weighted by Crippen LogP contribution is -2.27. The Morgan fingerprint density at radius 2 is 2.00 bits per heavy atom. The van der Waals surface area contributed by atoms with Crippen molar-refractivity contribution < 1.29 is 14.3 Å². The van der Waals surface area contributed by atoms with Gasteiger partial charge in [0.15, 0.2) is 0 Å². The number of aromatic nitrogens is 2. The predicted octanol–water partition coefficient (Wildman–Crippen LogP) is 3.48. The number of benzene rings is 2. The number of nitrogens with one attached hydrogen (secondary N) is 2. The van der Waals surface area contributed by atoms with Crippen LogP contribution in [-0.4, -0.2) is 35.0 Å². The van der Waals surface area contributed by atoms with Gasteiger partial charge in [0.25, 0.3) is 5.91 Å². The third kappa shape index (κ3) is 4.26. The summed E-state index contributed by atoms with van der Waals surface area (Å²) in [5.41, 5.74) is 2.60. The molecule has 0 saturated heterocycles. The Bertz CT molecular complexity index is 1020. The van der Waals surface area contributed by atoms with Gasteiger partial charge in [0.05, 0.1) is 23.8 Å². The molecule has 0 fully saturated rings. The third-order valence-electron chi connectivity index (χ3n) is 4.30. The van der Waals surface area contributed by atoms with Crippen LogP contribution in [-0.2, 0) is 11.3 Å². The number of carbonyl (C=O) groups is 2. The summed E-state index contributed by atoms with van der Waals surface area (Å²) in [6.07, 6.45) is 0.141. The van der Waals surface area contributed by atoms with Crippen molar-refractivity contribution in [3.05, 3.63) is 53.3 Å². The number of methoxy groups -OCH3 is 1. The minimum atomic E-state index is -0.269. The van der Waals surface area contributed by atoms with Crippen molar-refractivity contribution in [3.8, 4) is 5.75 Å². The second-order valence-electron chi connectivity index (χ2n) is 6.08. The van der Waals surface area contributed by atoms with E-state index in [1.807, 2.05) is 29.7 Å². The maximum absolute atomic E-state index is 12.4. The average Bonchev–Trinajstić information content (AvgIpc) is 3.02. The van der Waals surface area contributed by atoms with Gasteiger partial charge in [0.1, 0.15) is 5.75 Å². The number of imidazole rings is 1. The number of anilines is 1. The lowest BCUT2D eigenvalue weighted by molar-refractivity contribution is -0.116. The van der Waals surface area contributed by atoms with Crippen LogP contribution in [0.4, 0.5) is 5.69 Å². The number of halogens is 1. The molecule has 0 aliphatic heterocycles. The van der Waals surface area contributed by atoms with Crippen molar-refractivity contribution in [1.29, 1.82) is 0 Å². The molecule has 2 aromatic carbocycles. The zero-order valence-electron chi connectivity index (χ0n) is 15.7. The maximum atomic E-state index is 12.4. The van der Waals surface area contributed by atoms with Gasteiger partial charge in [0, 0.05) is 25.1 Å². The fraction of sp³-hybridized carbons (Fsp3) is 0.250. The Hall–Kier alpha value is -3.06. The standard InChI is InChI=1S/C20H21ClN4O3/c1-3-25-16-9-8-13(12-15(16)24-20(25)21)19(27)22-11-10-18(26)23-14-6-4-5-7-17(14)28-2/h4-9,12H,3,10-11H2,1-2H3,(H,22,27)(H,23,26). The molecule has 0 saturated carbocycles. The highest BCUT2D eigenvalue weighted by molar-refractivity contribution is 6.29. The van der Waals surface area contributed by atoms with E-state index >= 15 is 0 Å². The molecule has 0 spiro atoms. The summed E-state index contributed by atoms with van der Waals surface area (Å²) in [7, 11) is 1.54. The molecule has 0 radical (unpaired) electrons. The maximum Gasteiger partial charge on any atom is 0.251 e. The van der Waals surface area contributed by atoms with Crippen LogP contribution < -0.4 is 15.4 Å². The van der Waals surface area contributed by atoms with Gasteiger partial charge in [-0.2, -0.15) is 0 Å². The molecule has 3 rings (SSSR count). The number of hydrogen-bond acceptors (Lipinski definition) is 4. The highest BCUT2D eigenvalue weighted by atomic mass is 35.5. The number of aryl methyl sites for hydroxylation is 1. The Kier molecular flexibility index (Phi) is 6.16. The summed E-state index contributed by atoms with van der Waals surface area (Å²) >= 11 is 6.10. The summed E-state index contributed by atoms with van der Waals surface area (Å²) in [5.74, 6) is 0.0984. The lowest BCUT2D eigenvalue weighted by Gasteiger charge is -2.10. The van der Waals surface area contributed by atoms with Gasteiger partial charge >= 0.3 is 0 Å². The van der Waals surface area contributed by atoms with Crippen LogP contribution in [0.5, 0.6) is 5.75 Å². The summed E-state index contributed by atoms with van der Waals surface area (Å²) in [6, 6.07) is 12.4. The quantitative estimate of drug-likeness (QED) is 0.635. The van der Waals surface area contributed by atoms with Crippen LogP contribution in [0.25, 0.3) is 11.0 Å². The van der Waals surface area contributed by atoms with Crippen LogP contribution in [0.1, 0.15) is 23.7 Å². The van der Waals surface area contributed by atoms with Crippen LogP contribution in [0.2, 0.25) is 5.28 Å². The van der Waals surface area contributed by atoms with Crippen molar-refractivity contribution in [1.82, 2.24) is 14.9 Å². The zero-order valence-corrected chi connectivity index (χ0v) is 16.4. The van der Waals surface area contributed by atoms with Crippen LogP contribution in [0.15, 0.2) is 42.5 Å². The van der Waals surface area contributed by atoms with E-state index in [2.05, 4.69) is 15.6 Å². The van der Waals surface area contributed by atoms with E-state index in [9.17, 15) is 9.59 Å². The first-order chi connectivity index (χ1) is 13.5. The van der Waals surface area contributed by atoms with Crippen molar-refractivity contribution in [2.75, 3.05) is 19.0 Å². The first-order valence-electron chi connectivity index (χ1n) is 8.90. The highest BCUT2D eigenvalue weighted by Crippen LogP contribution is 2.23. The minimum absolute atomic E-state index is 0.141. The van der Waals surface area contributed by atoms with Crippen molar-refractivity contribution in [2.24, 2.45) is 0 Å². The number of carbonyl (C=O) groups excluding carboxylic acids is 2. The van der Waals surface area contributed by atoms with Gasteiger partial charge in [0.2, 0.25) is 11.2 Å². The molecular weight excluding hydrogens is 380 g/mol. The Labute approximate surface area is 167 Å². The smallest absolute Gasteiger partial charge is 0.251 e. The Morgan fingerprint density at radius 3 is 2.75 bits per heavy atom. The topological polar surface area (TPSA) is 85.2 Å². The molecule has 0 atom stereocenters. The summed E-state index contributed by atoms with van der Waals surface area (Å²) in [5, 5.41) is 5.91. The number of ether oxygens (including phenoxy) is 1. The number of nitrogens with zero attached hydrogens (tertiary/aromatic N) is 2. The molecule has 0 aliphatic rings. The molecule has 0 unspecified atom stereocenters. The van der Waals surface area contributed by atoms with E-state index in [0.717, 1.165) is 5.52 Å². The predicted molar refractivity (Wildman–Crippen MR) is 109 cm³/mol. The SMILES string of the molecule is CCn1c(Cl)nc2cc(C(=O)NCCC(=O)Nc3ccccc3OC)ccc21. The molecule has 1 heterocycles. The van der Waals surface area contributed by atoms with Gasteiger partial charge in [-0.3, -0.25) is 9.59 Å². The van der Waals surface area contributed by atoms with Crippen molar-refractivity contribution in [3.63, 3.8) is 0 Å². The van der Waals surface area contributed by atoms with Gasteiger partial charge in [-0.15, -0.1) is 0 Å². The van der Waals surface area contributed by atoms with Crippen molar-refractivity contribution in [2.45, 2.75) is 19.9 Å². The first-order valence-corrected chi connectivity index (χ1v) is 9.28. The van der Waals surface area contributed by atoms with Crippen LogP contribution >= 0.6 is 11.6 Å². The number of fused-ring (bicyclic) bond motifs is 1. The highest BCUT2D eigenvalue weighted by Gasteiger charge is 2.12. The monoisotopic (exact) mass is 400 g/mol. The number of amides is 2. The molecule has 146 valence electrons. The van der Waals surface area contributed by atoms with Gasteiger partial charge in [-0.05, 0) is 48.9 Å². The molecule has 0 bridgehead atoms. The largest absolute Gasteiger partial charge is 0.495 e. The first kappa shape index (κ1) is 19.7. The molecule has 0 aliphatic carbocycles.